The average molecular weight is 428 g/mol. The number of ether oxygens (including phenoxy) is 2. The smallest absolute Gasteiger partial charge is 0.310 e. The van der Waals surface area contributed by atoms with Gasteiger partial charge in [0, 0.05) is 33.9 Å². The number of methoxy groups -OCH3 is 1. The Hall–Kier alpha value is -4.26. The number of benzene rings is 3. The van der Waals surface area contributed by atoms with Crippen molar-refractivity contribution in [2.45, 2.75) is 6.42 Å². The number of carbonyl (C=O) groups is 2. The highest BCUT2D eigenvalue weighted by Gasteiger charge is 2.16. The summed E-state index contributed by atoms with van der Waals surface area (Å²) in [6.45, 7) is -0.400. The summed E-state index contributed by atoms with van der Waals surface area (Å²) >= 11 is 0. The fourth-order valence-corrected chi connectivity index (χ4v) is 3.83. The van der Waals surface area contributed by atoms with Gasteiger partial charge in [-0.15, -0.1) is 0 Å². The normalized spacial score (nSPS) is 11.2. The van der Waals surface area contributed by atoms with Crippen LogP contribution in [0.3, 0.4) is 0 Å². The Morgan fingerprint density at radius 1 is 0.969 bits per heavy atom. The van der Waals surface area contributed by atoms with Crippen molar-refractivity contribution in [3.63, 3.8) is 0 Å². The van der Waals surface area contributed by atoms with Crippen LogP contribution in [0.2, 0.25) is 0 Å². The Morgan fingerprint density at radius 2 is 1.75 bits per heavy atom. The van der Waals surface area contributed by atoms with Crippen molar-refractivity contribution >= 4 is 50.4 Å². The van der Waals surface area contributed by atoms with E-state index < -0.39 is 18.5 Å². The molecule has 0 aliphatic heterocycles. The van der Waals surface area contributed by atoms with Crippen molar-refractivity contribution in [1.82, 2.24) is 4.98 Å². The number of amides is 1. The summed E-state index contributed by atoms with van der Waals surface area (Å²) in [6.07, 6.45) is 1.85. The van der Waals surface area contributed by atoms with Crippen molar-refractivity contribution in [2.75, 3.05) is 19.0 Å². The van der Waals surface area contributed by atoms with Gasteiger partial charge < -0.3 is 24.2 Å². The van der Waals surface area contributed by atoms with Crippen LogP contribution in [0.15, 0.2) is 71.3 Å². The molecule has 3 aromatic carbocycles. The molecule has 2 aromatic heterocycles. The van der Waals surface area contributed by atoms with Crippen molar-refractivity contribution < 1.29 is 23.5 Å². The number of fused-ring (bicyclic) bond motifs is 4. The van der Waals surface area contributed by atoms with Gasteiger partial charge in [-0.3, -0.25) is 9.59 Å². The quantitative estimate of drug-likeness (QED) is 0.379. The second kappa shape index (κ2) is 8.11. The molecule has 0 aliphatic carbocycles. The summed E-state index contributed by atoms with van der Waals surface area (Å²) in [5.41, 5.74) is 3.58. The molecule has 160 valence electrons. The first-order valence-corrected chi connectivity index (χ1v) is 10.1. The largest absolute Gasteiger partial charge is 0.495 e. The van der Waals surface area contributed by atoms with Gasteiger partial charge in [-0.25, -0.2) is 0 Å². The molecule has 7 heteroatoms. The van der Waals surface area contributed by atoms with E-state index in [4.69, 9.17) is 13.9 Å². The number of nitrogens with one attached hydrogen (secondary N) is 2. The zero-order valence-corrected chi connectivity index (χ0v) is 17.3. The number of hydrogen-bond donors (Lipinski definition) is 2. The Balaban J connectivity index is 1.27. The number of anilines is 1. The second-order valence-electron chi connectivity index (χ2n) is 7.39. The van der Waals surface area contributed by atoms with Crippen LogP contribution in [0.1, 0.15) is 5.56 Å². The third-order valence-corrected chi connectivity index (χ3v) is 5.35. The van der Waals surface area contributed by atoms with Gasteiger partial charge in [0.2, 0.25) is 0 Å². The first-order chi connectivity index (χ1) is 15.6. The van der Waals surface area contributed by atoms with Crippen molar-refractivity contribution in [2.24, 2.45) is 0 Å². The molecular formula is C25H20N2O5. The minimum atomic E-state index is -0.482. The number of aromatic amines is 1. The summed E-state index contributed by atoms with van der Waals surface area (Å²) in [6, 6.07) is 18.9. The van der Waals surface area contributed by atoms with Crippen LogP contribution >= 0.6 is 0 Å². The van der Waals surface area contributed by atoms with E-state index in [1.807, 2.05) is 54.6 Å². The number of esters is 1. The van der Waals surface area contributed by atoms with Crippen molar-refractivity contribution in [3.05, 3.63) is 72.4 Å². The standard InChI is InChI=1S/C25H20N2O5/c1-30-23-11-18-17-7-3-5-9-21(17)32-22(18)12-20(23)27-24(28)14-31-25(29)10-15-13-26-19-8-4-2-6-16(15)19/h2-9,11-13,26H,10,14H2,1H3,(H,27,28). The van der Waals surface area contributed by atoms with Crippen LogP contribution in [0, 0.1) is 0 Å². The molecule has 0 bridgehead atoms. The predicted molar refractivity (Wildman–Crippen MR) is 122 cm³/mol. The fourth-order valence-electron chi connectivity index (χ4n) is 3.83. The lowest BCUT2D eigenvalue weighted by Crippen LogP contribution is -2.21. The van der Waals surface area contributed by atoms with E-state index in [2.05, 4.69) is 10.3 Å². The van der Waals surface area contributed by atoms with Gasteiger partial charge in [0.25, 0.3) is 5.91 Å². The van der Waals surface area contributed by atoms with E-state index >= 15 is 0 Å². The van der Waals surface area contributed by atoms with E-state index in [-0.39, 0.29) is 6.42 Å². The molecule has 0 spiro atoms. The molecule has 32 heavy (non-hydrogen) atoms. The Labute approximate surface area is 182 Å². The third-order valence-electron chi connectivity index (χ3n) is 5.35. The summed E-state index contributed by atoms with van der Waals surface area (Å²) < 4.78 is 16.5. The molecule has 2 heterocycles. The molecule has 0 saturated heterocycles. The van der Waals surface area contributed by atoms with Crippen LogP contribution in [0.25, 0.3) is 32.8 Å². The molecule has 0 radical (unpaired) electrons. The number of furan rings is 1. The molecule has 0 unspecified atom stereocenters. The van der Waals surface area contributed by atoms with Crippen LogP contribution in [0.4, 0.5) is 5.69 Å². The number of H-pyrrole nitrogens is 1. The molecule has 5 aromatic rings. The lowest BCUT2D eigenvalue weighted by atomic mass is 10.1. The number of carbonyl (C=O) groups excluding carboxylic acids is 2. The SMILES string of the molecule is COc1cc2c(cc1NC(=O)COC(=O)Cc1c[nH]c3ccccc13)oc1ccccc12. The monoisotopic (exact) mass is 428 g/mol. The minimum Gasteiger partial charge on any atom is -0.495 e. The van der Waals surface area contributed by atoms with Crippen LogP contribution < -0.4 is 10.1 Å². The zero-order valence-electron chi connectivity index (χ0n) is 17.3. The second-order valence-corrected chi connectivity index (χ2v) is 7.39. The topological polar surface area (TPSA) is 93.6 Å². The maximum absolute atomic E-state index is 12.4. The van der Waals surface area contributed by atoms with Crippen LogP contribution in [-0.4, -0.2) is 30.6 Å². The number of rotatable bonds is 6. The third kappa shape index (κ3) is 3.65. The molecule has 1 amide bonds. The number of hydrogen-bond acceptors (Lipinski definition) is 5. The minimum absolute atomic E-state index is 0.0750. The molecule has 2 N–H and O–H groups in total. The van der Waals surface area contributed by atoms with Gasteiger partial charge in [0.05, 0.1) is 19.2 Å². The molecule has 0 fully saturated rings. The van der Waals surface area contributed by atoms with Gasteiger partial charge >= 0.3 is 5.97 Å². The highest BCUT2D eigenvalue weighted by Crippen LogP contribution is 2.36. The Kier molecular flexibility index (Phi) is 4.99. The van der Waals surface area contributed by atoms with Gasteiger partial charge in [0.15, 0.2) is 6.61 Å². The van der Waals surface area contributed by atoms with Gasteiger partial charge in [-0.2, -0.15) is 0 Å². The number of para-hydroxylation sites is 2. The summed E-state index contributed by atoms with van der Waals surface area (Å²) in [4.78, 5) is 27.8. The van der Waals surface area contributed by atoms with Gasteiger partial charge in [-0.1, -0.05) is 36.4 Å². The van der Waals surface area contributed by atoms with Crippen molar-refractivity contribution in [3.8, 4) is 5.75 Å². The average Bonchev–Trinajstić information content (AvgIpc) is 3.38. The van der Waals surface area contributed by atoms with E-state index in [9.17, 15) is 9.59 Å². The number of aromatic nitrogens is 1. The Bertz CT molecular complexity index is 1460. The molecule has 0 aliphatic rings. The molecular weight excluding hydrogens is 408 g/mol. The highest BCUT2D eigenvalue weighted by atomic mass is 16.5. The van der Waals surface area contributed by atoms with Crippen LogP contribution in [-0.2, 0) is 20.7 Å². The lowest BCUT2D eigenvalue weighted by molar-refractivity contribution is -0.146. The van der Waals surface area contributed by atoms with Gasteiger partial charge in [0.1, 0.15) is 16.9 Å². The Morgan fingerprint density at radius 3 is 2.59 bits per heavy atom. The van der Waals surface area contributed by atoms with E-state index in [1.54, 1.807) is 12.3 Å². The summed E-state index contributed by atoms with van der Waals surface area (Å²) in [5, 5.41) is 5.54. The summed E-state index contributed by atoms with van der Waals surface area (Å²) in [7, 11) is 1.53. The maximum atomic E-state index is 12.4. The predicted octanol–water partition coefficient (Wildman–Crippen LogP) is 4.80. The molecule has 7 nitrogen and oxygen atoms in total. The lowest BCUT2D eigenvalue weighted by Gasteiger charge is -2.10. The van der Waals surface area contributed by atoms with Gasteiger partial charge in [-0.05, 0) is 23.8 Å². The summed E-state index contributed by atoms with van der Waals surface area (Å²) in [5.74, 6) is -0.460. The van der Waals surface area contributed by atoms with Crippen LogP contribution in [0.5, 0.6) is 5.75 Å². The molecule has 0 saturated carbocycles. The maximum Gasteiger partial charge on any atom is 0.310 e. The molecule has 5 rings (SSSR count). The van der Waals surface area contributed by atoms with E-state index in [0.717, 1.165) is 32.8 Å². The van der Waals surface area contributed by atoms with Crippen molar-refractivity contribution in [1.29, 1.82) is 0 Å². The first-order valence-electron chi connectivity index (χ1n) is 10.1. The van der Waals surface area contributed by atoms with E-state index in [1.165, 1.54) is 7.11 Å². The molecule has 0 atom stereocenters. The zero-order chi connectivity index (χ0) is 22.1. The van der Waals surface area contributed by atoms with E-state index in [0.29, 0.717) is 17.0 Å². The first kappa shape index (κ1) is 19.7. The highest BCUT2D eigenvalue weighted by molar-refractivity contribution is 6.08. The fraction of sp³-hybridized carbons (Fsp3) is 0.120.